The van der Waals surface area contributed by atoms with E-state index in [0.29, 0.717) is 11.8 Å². The summed E-state index contributed by atoms with van der Waals surface area (Å²) in [6, 6.07) is 2.84. The quantitative estimate of drug-likeness (QED) is 0.327. The van der Waals surface area contributed by atoms with Gasteiger partial charge in [0.2, 0.25) is 0 Å². The minimum absolute atomic E-state index is 0.0117. The molecule has 0 bridgehead atoms. The van der Waals surface area contributed by atoms with Gasteiger partial charge in [0.25, 0.3) is 11.4 Å². The molecule has 0 saturated carbocycles. The average Bonchev–Trinajstić information content (AvgIpc) is 2.59. The number of benzene rings is 1. The van der Waals surface area contributed by atoms with E-state index in [0.717, 1.165) is 18.2 Å². The van der Waals surface area contributed by atoms with Crippen LogP contribution in [0.5, 0.6) is 0 Å². The summed E-state index contributed by atoms with van der Waals surface area (Å²) in [5, 5.41) is 21.9. The van der Waals surface area contributed by atoms with Crippen molar-refractivity contribution < 1.29 is 19.4 Å². The molecule has 0 saturated heterocycles. The Balaban J connectivity index is 2.14. The molecule has 0 aliphatic heterocycles. The molecule has 138 valence electrons. The van der Waals surface area contributed by atoms with Crippen molar-refractivity contribution in [3.63, 3.8) is 0 Å². The Morgan fingerprint density at radius 1 is 1.19 bits per heavy atom. The van der Waals surface area contributed by atoms with Crippen molar-refractivity contribution in [2.24, 2.45) is 17.3 Å². The van der Waals surface area contributed by atoms with Crippen LogP contribution < -0.4 is 0 Å². The Morgan fingerprint density at radius 3 is 2.31 bits per heavy atom. The van der Waals surface area contributed by atoms with E-state index >= 15 is 0 Å². The number of nitrogens with zero attached hydrogens (tertiary/aromatic N) is 2. The topological polar surface area (TPSA) is 113 Å². The molecule has 0 fully saturated rings. The molecule has 1 aromatic carbocycles. The molecule has 8 heteroatoms. The lowest BCUT2D eigenvalue weighted by Crippen LogP contribution is -2.24. The van der Waals surface area contributed by atoms with Crippen molar-refractivity contribution >= 4 is 17.3 Å². The number of nitro benzene ring substituents is 2. The van der Waals surface area contributed by atoms with Crippen LogP contribution in [0.15, 0.2) is 42.5 Å². The Kier molecular flexibility index (Phi) is 5.54. The molecule has 8 nitrogen and oxygen atoms in total. The van der Waals surface area contributed by atoms with E-state index in [1.165, 1.54) is 0 Å². The number of carbonyl (C=O) groups excluding carboxylic acids is 1. The van der Waals surface area contributed by atoms with Gasteiger partial charge in [-0.15, -0.1) is 0 Å². The smallest absolute Gasteiger partial charge is 0.345 e. The lowest BCUT2D eigenvalue weighted by molar-refractivity contribution is -0.394. The number of ether oxygens (including phenoxy) is 1. The molecule has 0 N–H and O–H groups in total. The lowest BCUT2D eigenvalue weighted by Gasteiger charge is -2.27. The molecule has 26 heavy (non-hydrogen) atoms. The van der Waals surface area contributed by atoms with Crippen LogP contribution in [0.25, 0.3) is 0 Å². The van der Waals surface area contributed by atoms with Crippen molar-refractivity contribution in [2.45, 2.75) is 20.8 Å². The second kappa shape index (κ2) is 7.47. The first-order valence-electron chi connectivity index (χ1n) is 8.11. The number of esters is 1. The number of rotatable bonds is 6. The molecule has 1 aliphatic carbocycles. The number of nitro groups is 2. The Bertz CT molecular complexity index is 783. The second-order valence-electron chi connectivity index (χ2n) is 6.84. The van der Waals surface area contributed by atoms with Gasteiger partial charge >= 0.3 is 5.97 Å². The minimum atomic E-state index is -0.888. The van der Waals surface area contributed by atoms with E-state index in [-0.39, 0.29) is 12.2 Å². The van der Waals surface area contributed by atoms with Gasteiger partial charge in [-0.05, 0) is 24.8 Å². The monoisotopic (exact) mass is 360 g/mol. The van der Waals surface area contributed by atoms with Crippen LogP contribution in [0.3, 0.4) is 0 Å². The average molecular weight is 360 g/mol. The van der Waals surface area contributed by atoms with Gasteiger partial charge in [0.1, 0.15) is 12.2 Å². The van der Waals surface area contributed by atoms with Gasteiger partial charge in [-0.3, -0.25) is 20.2 Å². The van der Waals surface area contributed by atoms with Gasteiger partial charge in [0.15, 0.2) is 0 Å². The molecular weight excluding hydrogens is 340 g/mol. The maximum Gasteiger partial charge on any atom is 0.345 e. The van der Waals surface area contributed by atoms with Crippen molar-refractivity contribution in [1.29, 1.82) is 0 Å². The van der Waals surface area contributed by atoms with Gasteiger partial charge in [-0.25, -0.2) is 4.79 Å². The van der Waals surface area contributed by atoms with Gasteiger partial charge < -0.3 is 4.74 Å². The van der Waals surface area contributed by atoms with Crippen molar-refractivity contribution in [3.05, 3.63) is 68.3 Å². The second-order valence-corrected chi connectivity index (χ2v) is 6.84. The molecule has 2 rings (SSSR count). The lowest BCUT2D eigenvalue weighted by atomic mass is 9.81. The van der Waals surface area contributed by atoms with Gasteiger partial charge in [-0.2, -0.15) is 0 Å². The zero-order valence-electron chi connectivity index (χ0n) is 14.7. The maximum atomic E-state index is 12.3. The highest BCUT2D eigenvalue weighted by Crippen LogP contribution is 2.31. The molecule has 0 unspecified atom stereocenters. The fourth-order valence-corrected chi connectivity index (χ4v) is 2.58. The standard InChI is InChI=1S/C18H20N2O6/c1-12(2)13-6-8-18(3,9-7-13)11-26-17(21)15-5-4-14(19(22)23)10-16(15)20(24)25/h4-10,12-13H,11H2,1-3H3. The molecule has 0 radical (unpaired) electrons. The van der Waals surface area contributed by atoms with Crippen LogP contribution in [0.1, 0.15) is 31.1 Å². The first-order valence-corrected chi connectivity index (χ1v) is 8.11. The van der Waals surface area contributed by atoms with Crippen LogP contribution in [0, 0.1) is 37.5 Å². The van der Waals surface area contributed by atoms with Crippen LogP contribution in [-0.4, -0.2) is 22.4 Å². The maximum absolute atomic E-state index is 12.3. The molecular formula is C18H20N2O6. The summed E-state index contributed by atoms with van der Waals surface area (Å²) in [6.45, 7) is 6.11. The summed E-state index contributed by atoms with van der Waals surface area (Å²) in [7, 11) is 0. The van der Waals surface area contributed by atoms with Crippen LogP contribution in [0.2, 0.25) is 0 Å². The van der Waals surface area contributed by atoms with Gasteiger partial charge in [0, 0.05) is 11.5 Å². The largest absolute Gasteiger partial charge is 0.461 e. The van der Waals surface area contributed by atoms with Crippen LogP contribution in [-0.2, 0) is 4.74 Å². The third-order valence-electron chi connectivity index (χ3n) is 4.29. The first-order chi connectivity index (χ1) is 12.1. The molecule has 1 aromatic rings. The molecule has 0 spiro atoms. The summed E-state index contributed by atoms with van der Waals surface area (Å²) in [4.78, 5) is 32.6. The highest BCUT2D eigenvalue weighted by atomic mass is 16.6. The van der Waals surface area contributed by atoms with Crippen molar-refractivity contribution in [3.8, 4) is 0 Å². The molecule has 0 atom stereocenters. The number of hydrogen-bond acceptors (Lipinski definition) is 6. The van der Waals surface area contributed by atoms with Crippen LogP contribution >= 0.6 is 0 Å². The highest BCUT2D eigenvalue weighted by molar-refractivity contribution is 5.94. The summed E-state index contributed by atoms with van der Waals surface area (Å²) in [5.74, 6) is -0.118. The number of carbonyl (C=O) groups is 1. The number of allylic oxidation sites excluding steroid dienone is 2. The Labute approximate surface area is 150 Å². The van der Waals surface area contributed by atoms with Crippen molar-refractivity contribution in [2.75, 3.05) is 6.61 Å². The third-order valence-corrected chi connectivity index (χ3v) is 4.29. The number of non-ortho nitro benzene ring substituents is 1. The predicted octanol–water partition coefficient (Wildman–Crippen LogP) is 4.06. The molecule has 0 heterocycles. The molecule has 0 aromatic heterocycles. The molecule has 0 amide bonds. The summed E-state index contributed by atoms with van der Waals surface area (Å²) in [6.07, 6.45) is 8.00. The van der Waals surface area contributed by atoms with E-state index in [1.54, 1.807) is 0 Å². The summed E-state index contributed by atoms with van der Waals surface area (Å²) in [5.41, 5.74) is -1.92. The fraction of sp³-hybridized carbons (Fsp3) is 0.389. The van der Waals surface area contributed by atoms with Gasteiger partial charge in [-0.1, -0.05) is 38.2 Å². The van der Waals surface area contributed by atoms with Gasteiger partial charge in [0.05, 0.1) is 15.9 Å². The van der Waals surface area contributed by atoms with Crippen molar-refractivity contribution in [1.82, 2.24) is 0 Å². The third kappa shape index (κ3) is 4.33. The highest BCUT2D eigenvalue weighted by Gasteiger charge is 2.28. The van der Waals surface area contributed by atoms with E-state index < -0.39 is 32.6 Å². The van der Waals surface area contributed by atoms with E-state index in [1.807, 2.05) is 31.2 Å². The Morgan fingerprint density at radius 2 is 1.81 bits per heavy atom. The van der Waals surface area contributed by atoms with E-state index in [2.05, 4.69) is 13.8 Å². The first kappa shape index (κ1) is 19.3. The predicted molar refractivity (Wildman–Crippen MR) is 94.7 cm³/mol. The SMILES string of the molecule is CC(C)C1C=CC(C)(COC(=O)c2ccc([N+](=O)[O-])cc2[N+](=O)[O-])C=C1. The zero-order valence-corrected chi connectivity index (χ0v) is 14.7. The minimum Gasteiger partial charge on any atom is -0.461 e. The fourth-order valence-electron chi connectivity index (χ4n) is 2.58. The van der Waals surface area contributed by atoms with Crippen LogP contribution in [0.4, 0.5) is 11.4 Å². The normalized spacial score (nSPS) is 21.6. The molecule has 1 aliphatic rings. The Hall–Kier alpha value is -3.03. The van der Waals surface area contributed by atoms with E-state index in [4.69, 9.17) is 4.74 Å². The zero-order chi connectivity index (χ0) is 19.5. The summed E-state index contributed by atoms with van der Waals surface area (Å²) >= 11 is 0. The van der Waals surface area contributed by atoms with E-state index in [9.17, 15) is 25.0 Å². The number of hydrogen-bond donors (Lipinski definition) is 0. The summed E-state index contributed by atoms with van der Waals surface area (Å²) < 4.78 is 5.24.